The van der Waals surface area contributed by atoms with Gasteiger partial charge in [-0.25, -0.2) is 4.83 Å². The second kappa shape index (κ2) is 8.35. The van der Waals surface area contributed by atoms with Gasteiger partial charge in [-0.3, -0.25) is 0 Å². The summed E-state index contributed by atoms with van der Waals surface area (Å²) >= 11 is 0. The van der Waals surface area contributed by atoms with Crippen LogP contribution in [0.25, 0.3) is 0 Å². The Bertz CT molecular complexity index is 1050. The molecule has 7 nitrogen and oxygen atoms in total. The lowest BCUT2D eigenvalue weighted by Crippen LogP contribution is -2.18. The number of hydrazone groups is 1. The van der Waals surface area contributed by atoms with E-state index in [1.54, 1.807) is 18.4 Å². The Hall–Kier alpha value is -3.00. The predicted octanol–water partition coefficient (Wildman–Crippen LogP) is 3.46. The van der Waals surface area contributed by atoms with E-state index in [2.05, 4.69) is 14.5 Å². The third kappa shape index (κ3) is 4.45. The molecule has 0 unspecified atom stereocenters. The summed E-state index contributed by atoms with van der Waals surface area (Å²) < 4.78 is 37.6. The number of ether oxygens (including phenoxy) is 1. The highest BCUT2D eigenvalue weighted by Gasteiger charge is 2.13. The lowest BCUT2D eigenvalue weighted by atomic mass is 10.3. The number of nitrogens with zero attached hydrogens (tertiary/aromatic N) is 2. The number of sulfonamides is 1. The number of furan rings is 1. The predicted molar refractivity (Wildman–Crippen MR) is 107 cm³/mol. The number of rotatable bonds is 8. The molecule has 1 aromatic carbocycles. The molecule has 0 aliphatic carbocycles. The average Bonchev–Trinajstić information content (AvgIpc) is 3.27. The van der Waals surface area contributed by atoms with Gasteiger partial charge in [0.25, 0.3) is 10.0 Å². The standard InChI is InChI=1S/C20H23N3O4S/c1-4-26-18-7-9-20(10-8-18)28(24,25)22-21-13-17-12-15(2)23(16(17)3)14-19-6-5-11-27-19/h5-13,22H,4,14H2,1-3H3/b21-13-. The van der Waals surface area contributed by atoms with Crippen molar-refractivity contribution in [3.05, 3.63) is 71.4 Å². The zero-order chi connectivity index (χ0) is 20.1. The highest BCUT2D eigenvalue weighted by molar-refractivity contribution is 7.89. The first kappa shape index (κ1) is 19.8. The Morgan fingerprint density at radius 2 is 1.96 bits per heavy atom. The molecule has 28 heavy (non-hydrogen) atoms. The van der Waals surface area contributed by atoms with E-state index < -0.39 is 10.0 Å². The molecule has 2 heterocycles. The minimum atomic E-state index is -3.74. The van der Waals surface area contributed by atoms with E-state index in [-0.39, 0.29) is 4.90 Å². The maximum absolute atomic E-state index is 12.4. The van der Waals surface area contributed by atoms with Crippen LogP contribution in [0.5, 0.6) is 5.75 Å². The first-order valence-corrected chi connectivity index (χ1v) is 10.4. The third-order valence-corrected chi connectivity index (χ3v) is 5.57. The Morgan fingerprint density at radius 3 is 2.61 bits per heavy atom. The van der Waals surface area contributed by atoms with Crippen molar-refractivity contribution in [1.82, 2.24) is 9.40 Å². The minimum absolute atomic E-state index is 0.122. The summed E-state index contributed by atoms with van der Waals surface area (Å²) in [7, 11) is -3.74. The van der Waals surface area contributed by atoms with E-state index in [1.165, 1.54) is 18.3 Å². The van der Waals surface area contributed by atoms with Crippen molar-refractivity contribution in [1.29, 1.82) is 0 Å². The van der Waals surface area contributed by atoms with Gasteiger partial charge in [-0.15, -0.1) is 0 Å². The van der Waals surface area contributed by atoms with Crippen molar-refractivity contribution < 1.29 is 17.6 Å². The van der Waals surface area contributed by atoms with Gasteiger partial charge in [0, 0.05) is 17.0 Å². The quantitative estimate of drug-likeness (QED) is 0.463. The van der Waals surface area contributed by atoms with Crippen LogP contribution in [0.4, 0.5) is 0 Å². The number of aromatic nitrogens is 1. The molecule has 0 amide bonds. The van der Waals surface area contributed by atoms with Crippen molar-refractivity contribution in [2.45, 2.75) is 32.2 Å². The van der Waals surface area contributed by atoms with Crippen LogP contribution in [0.2, 0.25) is 0 Å². The molecule has 0 radical (unpaired) electrons. The molecule has 0 atom stereocenters. The number of nitrogens with one attached hydrogen (secondary N) is 1. The Balaban J connectivity index is 1.71. The molecule has 0 bridgehead atoms. The summed E-state index contributed by atoms with van der Waals surface area (Å²) in [5, 5.41) is 3.93. The normalized spacial score (nSPS) is 11.8. The molecular formula is C20H23N3O4S. The number of aryl methyl sites for hydroxylation is 1. The Morgan fingerprint density at radius 1 is 1.21 bits per heavy atom. The highest BCUT2D eigenvalue weighted by atomic mass is 32.2. The molecule has 0 saturated carbocycles. The van der Waals surface area contributed by atoms with Crippen LogP contribution in [-0.4, -0.2) is 25.8 Å². The molecule has 0 saturated heterocycles. The van der Waals surface area contributed by atoms with E-state index in [0.29, 0.717) is 18.9 Å². The fourth-order valence-electron chi connectivity index (χ4n) is 2.86. The fraction of sp³-hybridized carbons (Fsp3) is 0.250. The number of benzene rings is 1. The van der Waals surface area contributed by atoms with E-state index in [1.807, 2.05) is 39.0 Å². The lowest BCUT2D eigenvalue weighted by Gasteiger charge is -2.07. The summed E-state index contributed by atoms with van der Waals surface area (Å²) in [6, 6.07) is 11.9. The van der Waals surface area contributed by atoms with Gasteiger partial charge >= 0.3 is 0 Å². The van der Waals surface area contributed by atoms with E-state index in [0.717, 1.165) is 22.7 Å². The van der Waals surface area contributed by atoms with Gasteiger partial charge < -0.3 is 13.7 Å². The van der Waals surface area contributed by atoms with E-state index >= 15 is 0 Å². The molecule has 2 aromatic heterocycles. The van der Waals surface area contributed by atoms with Gasteiger partial charge in [-0.2, -0.15) is 13.5 Å². The van der Waals surface area contributed by atoms with Crippen LogP contribution >= 0.6 is 0 Å². The molecule has 0 fully saturated rings. The minimum Gasteiger partial charge on any atom is -0.494 e. The molecule has 3 rings (SSSR count). The van der Waals surface area contributed by atoms with Gasteiger partial charge in [0.1, 0.15) is 11.5 Å². The summed E-state index contributed by atoms with van der Waals surface area (Å²) in [5.41, 5.74) is 2.83. The van der Waals surface area contributed by atoms with Gasteiger partial charge in [-0.1, -0.05) is 0 Å². The van der Waals surface area contributed by atoms with Gasteiger partial charge in [0.15, 0.2) is 0 Å². The molecule has 0 spiro atoms. The first-order valence-electron chi connectivity index (χ1n) is 8.87. The van der Waals surface area contributed by atoms with E-state index in [4.69, 9.17) is 9.15 Å². The number of hydrogen-bond donors (Lipinski definition) is 1. The largest absolute Gasteiger partial charge is 0.494 e. The topological polar surface area (TPSA) is 85.8 Å². The van der Waals surface area contributed by atoms with Crippen molar-refractivity contribution in [3.8, 4) is 5.75 Å². The summed E-state index contributed by atoms with van der Waals surface area (Å²) in [6.07, 6.45) is 3.15. The summed E-state index contributed by atoms with van der Waals surface area (Å²) in [4.78, 5) is 2.37. The first-order chi connectivity index (χ1) is 13.4. The molecular weight excluding hydrogens is 378 g/mol. The van der Waals surface area contributed by atoms with Crippen molar-refractivity contribution in [2.24, 2.45) is 5.10 Å². The molecule has 0 aliphatic heterocycles. The monoisotopic (exact) mass is 401 g/mol. The SMILES string of the molecule is CCOc1ccc(S(=O)(=O)N/N=C\c2cc(C)n(Cc3ccco3)c2C)cc1. The van der Waals surface area contributed by atoms with Crippen LogP contribution in [0.3, 0.4) is 0 Å². The van der Waals surface area contributed by atoms with Crippen LogP contribution in [-0.2, 0) is 16.6 Å². The average molecular weight is 401 g/mol. The van der Waals surface area contributed by atoms with E-state index in [9.17, 15) is 8.42 Å². The maximum atomic E-state index is 12.4. The Kier molecular flexibility index (Phi) is 5.89. The highest BCUT2D eigenvalue weighted by Crippen LogP contribution is 2.17. The molecule has 3 aromatic rings. The van der Waals surface area contributed by atoms with Crippen LogP contribution in [0, 0.1) is 13.8 Å². The molecule has 8 heteroatoms. The van der Waals surface area contributed by atoms with Crippen LogP contribution < -0.4 is 9.57 Å². The molecule has 1 N–H and O–H groups in total. The fourth-order valence-corrected chi connectivity index (χ4v) is 3.65. The smallest absolute Gasteiger partial charge is 0.276 e. The van der Waals surface area contributed by atoms with Crippen molar-refractivity contribution in [3.63, 3.8) is 0 Å². The zero-order valence-electron chi connectivity index (χ0n) is 16.0. The number of hydrogen-bond acceptors (Lipinski definition) is 5. The second-order valence-corrected chi connectivity index (χ2v) is 7.91. The summed E-state index contributed by atoms with van der Waals surface area (Å²) in [6.45, 7) is 6.94. The maximum Gasteiger partial charge on any atom is 0.276 e. The third-order valence-electron chi connectivity index (χ3n) is 4.33. The Labute approximate surface area is 164 Å². The van der Waals surface area contributed by atoms with Gasteiger partial charge in [-0.05, 0) is 63.2 Å². The van der Waals surface area contributed by atoms with Crippen molar-refractivity contribution in [2.75, 3.05) is 6.61 Å². The second-order valence-electron chi connectivity index (χ2n) is 6.25. The van der Waals surface area contributed by atoms with Gasteiger partial charge in [0.2, 0.25) is 0 Å². The molecule has 148 valence electrons. The van der Waals surface area contributed by atoms with Crippen molar-refractivity contribution >= 4 is 16.2 Å². The van der Waals surface area contributed by atoms with Crippen LogP contribution in [0.15, 0.2) is 63.1 Å². The summed E-state index contributed by atoms with van der Waals surface area (Å²) in [5.74, 6) is 1.47. The van der Waals surface area contributed by atoms with Crippen LogP contribution in [0.1, 0.15) is 29.6 Å². The lowest BCUT2D eigenvalue weighted by molar-refractivity contribution is 0.340. The molecule has 0 aliphatic rings. The van der Waals surface area contributed by atoms with Gasteiger partial charge in [0.05, 0.1) is 30.5 Å². The zero-order valence-corrected chi connectivity index (χ0v) is 16.9.